The molecule has 0 aliphatic heterocycles. The summed E-state index contributed by atoms with van der Waals surface area (Å²) in [5.41, 5.74) is 0.989. The molecule has 1 N–H and O–H groups in total. The van der Waals surface area contributed by atoms with Crippen LogP contribution in [0.1, 0.15) is 24.9 Å². The normalized spacial score (nSPS) is 11.0. The summed E-state index contributed by atoms with van der Waals surface area (Å²) < 4.78 is 3.90. The maximum atomic E-state index is 4.29. The van der Waals surface area contributed by atoms with E-state index in [0.717, 1.165) is 44.0 Å². The summed E-state index contributed by atoms with van der Waals surface area (Å²) in [4.78, 5) is 4.29. The molecular weight excluding hydrogens is 228 g/mol. The first-order valence-corrected chi connectivity index (χ1v) is 6.35. The molecule has 0 amide bonds. The van der Waals surface area contributed by atoms with Gasteiger partial charge in [-0.05, 0) is 13.0 Å². The van der Waals surface area contributed by atoms with Crippen molar-refractivity contribution in [1.82, 2.24) is 29.9 Å². The van der Waals surface area contributed by atoms with E-state index in [-0.39, 0.29) is 0 Å². The third-order valence-electron chi connectivity index (χ3n) is 2.80. The lowest BCUT2D eigenvalue weighted by Gasteiger charge is -2.01. The largest absolute Gasteiger partial charge is 0.338 e. The van der Waals surface area contributed by atoms with Gasteiger partial charge in [0.25, 0.3) is 0 Å². The molecular formula is C12H20N6. The molecule has 6 heteroatoms. The Bertz CT molecular complexity index is 472. The van der Waals surface area contributed by atoms with E-state index in [1.54, 1.807) is 0 Å². The van der Waals surface area contributed by atoms with E-state index >= 15 is 0 Å². The maximum absolute atomic E-state index is 4.29. The molecule has 0 atom stereocenters. The first-order valence-electron chi connectivity index (χ1n) is 6.35. The summed E-state index contributed by atoms with van der Waals surface area (Å²) >= 11 is 0. The molecule has 2 heterocycles. The molecule has 0 spiro atoms. The Kier molecular flexibility index (Phi) is 4.46. The Morgan fingerprint density at radius 1 is 1.39 bits per heavy atom. The Morgan fingerprint density at radius 2 is 2.28 bits per heavy atom. The topological polar surface area (TPSA) is 60.6 Å². The van der Waals surface area contributed by atoms with Crippen LogP contribution in [0.5, 0.6) is 0 Å². The quantitative estimate of drug-likeness (QED) is 0.735. The molecule has 0 fully saturated rings. The fraction of sp³-hybridized carbons (Fsp3) is 0.583. The molecule has 0 bridgehead atoms. The molecule has 6 nitrogen and oxygen atoms in total. The second-order valence-corrected chi connectivity index (χ2v) is 4.35. The number of nitrogens with zero attached hydrogens (tertiary/aromatic N) is 5. The van der Waals surface area contributed by atoms with Crippen LogP contribution in [-0.4, -0.2) is 31.1 Å². The average Bonchev–Trinajstić information content (AvgIpc) is 2.96. The van der Waals surface area contributed by atoms with Gasteiger partial charge in [0.1, 0.15) is 5.82 Å². The highest BCUT2D eigenvalue weighted by Gasteiger charge is 2.03. The molecule has 2 rings (SSSR count). The van der Waals surface area contributed by atoms with E-state index in [0.29, 0.717) is 0 Å². The highest BCUT2D eigenvalue weighted by Crippen LogP contribution is 1.99. The lowest BCUT2D eigenvalue weighted by molar-refractivity contribution is 0.569. The Labute approximate surface area is 107 Å². The number of hydrogen-bond donors (Lipinski definition) is 1. The minimum Gasteiger partial charge on any atom is -0.338 e. The molecule has 2 aromatic heterocycles. The van der Waals surface area contributed by atoms with E-state index in [2.05, 4.69) is 27.5 Å². The zero-order valence-electron chi connectivity index (χ0n) is 11.0. The third kappa shape index (κ3) is 3.40. The highest BCUT2D eigenvalue weighted by atomic mass is 15.4. The molecule has 0 radical (unpaired) electrons. The fourth-order valence-electron chi connectivity index (χ4n) is 1.77. The van der Waals surface area contributed by atoms with Crippen molar-refractivity contribution >= 4 is 0 Å². The van der Waals surface area contributed by atoms with Gasteiger partial charge in [0.2, 0.25) is 0 Å². The van der Waals surface area contributed by atoms with Crippen LogP contribution in [0.4, 0.5) is 0 Å². The summed E-state index contributed by atoms with van der Waals surface area (Å²) in [5.74, 6) is 1.07. The van der Waals surface area contributed by atoms with Gasteiger partial charge in [-0.1, -0.05) is 12.1 Å². The van der Waals surface area contributed by atoms with Crippen molar-refractivity contribution in [2.75, 3.05) is 6.54 Å². The van der Waals surface area contributed by atoms with Crippen molar-refractivity contribution in [3.63, 3.8) is 0 Å². The molecule has 2 aromatic rings. The van der Waals surface area contributed by atoms with Gasteiger partial charge < -0.3 is 9.88 Å². The molecule has 0 unspecified atom stereocenters. The smallest absolute Gasteiger partial charge is 0.110 e. The number of aromatic nitrogens is 5. The number of hydrogen-bond acceptors (Lipinski definition) is 4. The van der Waals surface area contributed by atoms with Crippen LogP contribution in [0.2, 0.25) is 0 Å². The molecule has 0 saturated heterocycles. The van der Waals surface area contributed by atoms with Crippen LogP contribution in [0.25, 0.3) is 0 Å². The Morgan fingerprint density at radius 3 is 3.00 bits per heavy atom. The Balaban J connectivity index is 1.81. The van der Waals surface area contributed by atoms with Crippen molar-refractivity contribution in [2.45, 2.75) is 32.9 Å². The minimum absolute atomic E-state index is 0.788. The minimum atomic E-state index is 0.788. The van der Waals surface area contributed by atoms with Gasteiger partial charge in [0.05, 0.1) is 5.69 Å². The average molecular weight is 248 g/mol. The van der Waals surface area contributed by atoms with E-state index in [9.17, 15) is 0 Å². The van der Waals surface area contributed by atoms with Gasteiger partial charge in [-0.25, -0.2) is 4.98 Å². The van der Waals surface area contributed by atoms with Crippen LogP contribution in [0.15, 0.2) is 18.6 Å². The maximum Gasteiger partial charge on any atom is 0.110 e. The van der Waals surface area contributed by atoms with Crippen molar-refractivity contribution < 1.29 is 0 Å². The first kappa shape index (κ1) is 12.8. The van der Waals surface area contributed by atoms with Crippen LogP contribution in [0, 0.1) is 0 Å². The monoisotopic (exact) mass is 248 g/mol. The van der Waals surface area contributed by atoms with E-state index in [1.807, 2.05) is 34.9 Å². The van der Waals surface area contributed by atoms with Gasteiger partial charge >= 0.3 is 0 Å². The van der Waals surface area contributed by atoms with Crippen molar-refractivity contribution in [1.29, 1.82) is 0 Å². The van der Waals surface area contributed by atoms with E-state index in [4.69, 9.17) is 0 Å². The van der Waals surface area contributed by atoms with Crippen molar-refractivity contribution in [2.24, 2.45) is 7.05 Å². The summed E-state index contributed by atoms with van der Waals surface area (Å²) in [6.07, 6.45) is 7.77. The summed E-state index contributed by atoms with van der Waals surface area (Å²) in [6.45, 7) is 4.76. The zero-order chi connectivity index (χ0) is 12.8. The van der Waals surface area contributed by atoms with Gasteiger partial charge in [-0.15, -0.1) is 5.10 Å². The van der Waals surface area contributed by atoms with Gasteiger partial charge in [-0.2, -0.15) is 0 Å². The van der Waals surface area contributed by atoms with Crippen molar-refractivity contribution in [3.8, 4) is 0 Å². The molecule has 18 heavy (non-hydrogen) atoms. The summed E-state index contributed by atoms with van der Waals surface area (Å²) in [7, 11) is 2.00. The third-order valence-corrected chi connectivity index (χ3v) is 2.80. The van der Waals surface area contributed by atoms with Crippen LogP contribution in [-0.2, 0) is 26.6 Å². The number of aryl methyl sites for hydroxylation is 3. The van der Waals surface area contributed by atoms with E-state index < -0.39 is 0 Å². The summed E-state index contributed by atoms with van der Waals surface area (Å²) in [5, 5.41) is 11.6. The van der Waals surface area contributed by atoms with Crippen LogP contribution < -0.4 is 5.32 Å². The summed E-state index contributed by atoms with van der Waals surface area (Å²) in [6, 6.07) is 0. The second kappa shape index (κ2) is 6.30. The predicted octanol–water partition coefficient (Wildman–Crippen LogP) is 0.754. The molecule has 0 aliphatic rings. The fourth-order valence-corrected chi connectivity index (χ4v) is 1.77. The molecule has 0 aromatic carbocycles. The number of nitrogens with one attached hydrogen (secondary N) is 1. The lowest BCUT2D eigenvalue weighted by Crippen LogP contribution is -2.13. The SMILES string of the molecule is CCCNCc1cn(CCc2nccn2C)nn1. The number of imidazole rings is 1. The van der Waals surface area contributed by atoms with Crippen LogP contribution >= 0.6 is 0 Å². The highest BCUT2D eigenvalue weighted by molar-refractivity contribution is 4.94. The molecule has 0 aliphatic carbocycles. The number of rotatable bonds is 7. The van der Waals surface area contributed by atoms with Gasteiger partial charge in [0, 0.05) is 45.1 Å². The van der Waals surface area contributed by atoms with Gasteiger partial charge in [0.15, 0.2) is 0 Å². The Hall–Kier alpha value is -1.69. The first-order chi connectivity index (χ1) is 8.79. The van der Waals surface area contributed by atoms with Crippen LogP contribution in [0.3, 0.4) is 0 Å². The zero-order valence-corrected chi connectivity index (χ0v) is 11.0. The van der Waals surface area contributed by atoms with Crippen molar-refractivity contribution in [3.05, 3.63) is 30.1 Å². The predicted molar refractivity (Wildman–Crippen MR) is 68.9 cm³/mol. The second-order valence-electron chi connectivity index (χ2n) is 4.35. The lowest BCUT2D eigenvalue weighted by atomic mass is 10.4. The standard InChI is InChI=1S/C12H20N6/c1-3-5-13-9-11-10-18(16-15-11)7-4-12-14-6-8-17(12)2/h6,8,10,13H,3-5,7,9H2,1-2H3. The molecule has 0 saturated carbocycles. The van der Waals surface area contributed by atoms with Gasteiger partial charge in [-0.3, -0.25) is 4.68 Å². The van der Waals surface area contributed by atoms with E-state index in [1.165, 1.54) is 0 Å². The molecule has 98 valence electrons.